The van der Waals surface area contributed by atoms with Crippen molar-refractivity contribution in [2.24, 2.45) is 0 Å². The maximum Gasteiger partial charge on any atom is 0.0645 e. The van der Waals surface area contributed by atoms with Gasteiger partial charge in [-0.1, -0.05) is 152 Å². The van der Waals surface area contributed by atoms with Crippen molar-refractivity contribution >= 4 is 54.4 Å². The molecule has 0 radical (unpaired) electrons. The van der Waals surface area contributed by atoms with Gasteiger partial charge in [0.2, 0.25) is 0 Å². The second kappa shape index (κ2) is 12.2. The standard InChI is InChI=1S/C52H34N2/c1-3-15-36(16-4-1)42-20-9-11-23-47(42)54-50-31-28-40(34-46(50)52-43(22-13-25-51(52)54)37-17-5-2-6-18-37)39-27-30-49-45(33-39)44-21-10-12-24-48(44)53(49)41-29-26-35-14-7-8-19-38(35)32-41/h1-34H/i10D,12D,21D,24D,27D,30D,33D. The van der Waals surface area contributed by atoms with Crippen molar-refractivity contribution in [3.05, 3.63) is 206 Å². The first-order valence-corrected chi connectivity index (χ1v) is 18.0. The molecule has 2 aromatic heterocycles. The number of para-hydroxylation sites is 2. The van der Waals surface area contributed by atoms with E-state index in [1.807, 2.05) is 109 Å². The molecular weight excluding hydrogens is 653 g/mol. The van der Waals surface area contributed by atoms with Crippen LogP contribution in [0.25, 0.3) is 99.1 Å². The zero-order valence-electron chi connectivity index (χ0n) is 36.0. The molecule has 11 rings (SSSR count). The maximum absolute atomic E-state index is 9.93. The fourth-order valence-electron chi connectivity index (χ4n) is 8.11. The molecule has 0 aliphatic heterocycles. The van der Waals surface area contributed by atoms with Crippen LogP contribution in [0.2, 0.25) is 0 Å². The molecule has 0 N–H and O–H groups in total. The highest BCUT2D eigenvalue weighted by Crippen LogP contribution is 2.43. The summed E-state index contributed by atoms with van der Waals surface area (Å²) in [4.78, 5) is 0. The molecule has 2 nitrogen and oxygen atoms in total. The average molecular weight is 694 g/mol. The summed E-state index contributed by atoms with van der Waals surface area (Å²) < 4.78 is 68.8. The van der Waals surface area contributed by atoms with E-state index in [4.69, 9.17) is 4.11 Å². The Bertz CT molecular complexity index is 3610. The predicted octanol–water partition coefficient (Wildman–Crippen LogP) is 14.0. The van der Waals surface area contributed by atoms with Gasteiger partial charge in [0.25, 0.3) is 0 Å². The number of hydrogen-bond donors (Lipinski definition) is 0. The minimum atomic E-state index is -0.420. The molecule has 9 aromatic carbocycles. The van der Waals surface area contributed by atoms with E-state index in [1.165, 1.54) is 0 Å². The number of hydrogen-bond acceptors (Lipinski definition) is 0. The van der Waals surface area contributed by atoms with Crippen molar-refractivity contribution < 1.29 is 9.60 Å². The van der Waals surface area contributed by atoms with Crippen LogP contribution in [0.4, 0.5) is 0 Å². The van der Waals surface area contributed by atoms with Gasteiger partial charge < -0.3 is 9.13 Å². The molecule has 0 spiro atoms. The molecule has 2 heterocycles. The van der Waals surface area contributed by atoms with Gasteiger partial charge in [-0.25, -0.2) is 0 Å². The van der Waals surface area contributed by atoms with E-state index >= 15 is 0 Å². The molecule has 0 unspecified atom stereocenters. The molecule has 2 heteroatoms. The van der Waals surface area contributed by atoms with Crippen LogP contribution in [0.1, 0.15) is 9.60 Å². The minimum absolute atomic E-state index is 0.0774. The lowest BCUT2D eigenvalue weighted by Gasteiger charge is -2.14. The summed E-state index contributed by atoms with van der Waals surface area (Å²) in [5, 5.41) is 4.15. The topological polar surface area (TPSA) is 9.86 Å². The fourth-order valence-corrected chi connectivity index (χ4v) is 8.11. The lowest BCUT2D eigenvalue weighted by molar-refractivity contribution is 1.18. The smallest absolute Gasteiger partial charge is 0.0645 e. The van der Waals surface area contributed by atoms with Crippen LogP contribution in [0.5, 0.6) is 0 Å². The van der Waals surface area contributed by atoms with Crippen molar-refractivity contribution in [3.63, 3.8) is 0 Å². The monoisotopic (exact) mass is 693 g/mol. The van der Waals surface area contributed by atoms with E-state index in [0.29, 0.717) is 11.3 Å². The molecule has 0 atom stereocenters. The third kappa shape index (κ3) is 4.74. The second-order valence-electron chi connectivity index (χ2n) is 13.6. The summed E-state index contributed by atoms with van der Waals surface area (Å²) in [6, 6.07) is 52.9. The number of aromatic nitrogens is 2. The van der Waals surface area contributed by atoms with Gasteiger partial charge in [0.15, 0.2) is 0 Å². The summed E-state index contributed by atoms with van der Waals surface area (Å²) in [7, 11) is 0. The van der Waals surface area contributed by atoms with Crippen LogP contribution in [0, 0.1) is 0 Å². The third-order valence-electron chi connectivity index (χ3n) is 10.5. The van der Waals surface area contributed by atoms with Crippen molar-refractivity contribution in [2.45, 2.75) is 0 Å². The van der Waals surface area contributed by atoms with Crippen LogP contribution >= 0.6 is 0 Å². The summed E-state index contributed by atoms with van der Waals surface area (Å²) in [5.41, 5.74) is 8.83. The first kappa shape index (κ1) is 24.2. The largest absolute Gasteiger partial charge is 0.309 e. The molecule has 54 heavy (non-hydrogen) atoms. The highest BCUT2D eigenvalue weighted by molar-refractivity contribution is 6.17. The fraction of sp³-hybridized carbons (Fsp3) is 0. The average Bonchev–Trinajstić information content (AvgIpc) is 3.84. The maximum atomic E-state index is 9.93. The third-order valence-corrected chi connectivity index (χ3v) is 10.5. The van der Waals surface area contributed by atoms with Crippen LogP contribution < -0.4 is 0 Å². The molecule has 0 bridgehead atoms. The van der Waals surface area contributed by atoms with E-state index < -0.39 is 12.1 Å². The Morgan fingerprint density at radius 1 is 0.370 bits per heavy atom. The van der Waals surface area contributed by atoms with Gasteiger partial charge in [-0.05, 0) is 93.1 Å². The van der Waals surface area contributed by atoms with E-state index in [-0.39, 0.29) is 57.6 Å². The molecule has 0 aliphatic rings. The molecule has 0 saturated heterocycles. The first-order chi connectivity index (χ1) is 29.7. The normalized spacial score (nSPS) is 13.5. The Balaban J connectivity index is 1.24. The Labute approximate surface area is 323 Å². The van der Waals surface area contributed by atoms with E-state index in [1.54, 1.807) is 4.57 Å². The molecular formula is C52H34N2. The lowest BCUT2D eigenvalue weighted by Crippen LogP contribution is -1.97. The predicted molar refractivity (Wildman–Crippen MR) is 229 cm³/mol. The number of benzene rings is 9. The Morgan fingerprint density at radius 3 is 1.93 bits per heavy atom. The number of nitrogens with zero attached hydrogens (tertiary/aromatic N) is 2. The van der Waals surface area contributed by atoms with Gasteiger partial charge in [-0.2, -0.15) is 0 Å². The van der Waals surface area contributed by atoms with E-state index in [2.05, 4.69) is 59.2 Å². The quantitative estimate of drug-likeness (QED) is 0.170. The van der Waals surface area contributed by atoms with Crippen molar-refractivity contribution in [2.75, 3.05) is 0 Å². The van der Waals surface area contributed by atoms with Crippen molar-refractivity contribution in [1.29, 1.82) is 0 Å². The molecule has 252 valence electrons. The summed E-state index contributed by atoms with van der Waals surface area (Å²) in [6.45, 7) is 0. The number of rotatable bonds is 5. The van der Waals surface area contributed by atoms with Gasteiger partial charge in [0, 0.05) is 32.8 Å². The summed E-state index contributed by atoms with van der Waals surface area (Å²) in [5.74, 6) is 0. The minimum Gasteiger partial charge on any atom is -0.309 e. The summed E-state index contributed by atoms with van der Waals surface area (Å²) >= 11 is 0. The second-order valence-corrected chi connectivity index (χ2v) is 13.6. The first-order valence-electron chi connectivity index (χ1n) is 21.5. The molecule has 0 fully saturated rings. The van der Waals surface area contributed by atoms with Gasteiger partial charge in [0.1, 0.15) is 0 Å². The van der Waals surface area contributed by atoms with Gasteiger partial charge >= 0.3 is 0 Å². The van der Waals surface area contributed by atoms with E-state index in [0.717, 1.165) is 60.5 Å². The van der Waals surface area contributed by atoms with Crippen LogP contribution in [-0.2, 0) is 0 Å². The van der Waals surface area contributed by atoms with Gasteiger partial charge in [-0.3, -0.25) is 0 Å². The van der Waals surface area contributed by atoms with Crippen molar-refractivity contribution in [1.82, 2.24) is 9.13 Å². The molecule has 0 aliphatic carbocycles. The van der Waals surface area contributed by atoms with Gasteiger partial charge in [0.05, 0.1) is 37.3 Å². The summed E-state index contributed by atoms with van der Waals surface area (Å²) in [6.07, 6.45) is 0. The van der Waals surface area contributed by atoms with Crippen LogP contribution in [0.15, 0.2) is 206 Å². The molecule has 0 saturated carbocycles. The molecule has 11 aromatic rings. The highest BCUT2D eigenvalue weighted by Gasteiger charge is 2.20. The Kier molecular flexibility index (Phi) is 5.47. The van der Waals surface area contributed by atoms with E-state index in [9.17, 15) is 5.48 Å². The van der Waals surface area contributed by atoms with Crippen LogP contribution in [0.3, 0.4) is 0 Å². The van der Waals surface area contributed by atoms with Crippen molar-refractivity contribution in [3.8, 4) is 44.8 Å². The Morgan fingerprint density at radius 2 is 1.07 bits per heavy atom. The Hall–Kier alpha value is -7.16. The zero-order chi connectivity index (χ0) is 41.7. The number of fused-ring (bicyclic) bond motifs is 7. The lowest BCUT2D eigenvalue weighted by atomic mass is 9.97. The van der Waals surface area contributed by atoms with Crippen LogP contribution in [-0.4, -0.2) is 9.13 Å². The highest BCUT2D eigenvalue weighted by atomic mass is 15.0. The SMILES string of the molecule is [2H]c1c([2H])c([2H])c2c(c1[2H])c1c([2H])c(-c3ccc4c(c3)c3c(-c5ccccc5)cccc3n4-c3ccccc3-c3ccccc3)c([2H])c([2H])c1n2-c1ccc2ccccc2c1. The molecule has 0 amide bonds. The van der Waals surface area contributed by atoms with Gasteiger partial charge in [-0.15, -0.1) is 0 Å². The zero-order valence-corrected chi connectivity index (χ0v) is 29.0.